The van der Waals surface area contributed by atoms with Gasteiger partial charge >= 0.3 is 0 Å². The van der Waals surface area contributed by atoms with E-state index in [0.29, 0.717) is 36.7 Å². The number of rotatable bonds is 6. The predicted octanol–water partition coefficient (Wildman–Crippen LogP) is 3.11. The third-order valence-electron chi connectivity index (χ3n) is 4.08. The summed E-state index contributed by atoms with van der Waals surface area (Å²) in [6.07, 6.45) is 3.57. The van der Waals surface area contributed by atoms with E-state index in [2.05, 4.69) is 26.5 Å². The van der Waals surface area contributed by atoms with Crippen LogP contribution in [0.15, 0.2) is 41.2 Å². The lowest BCUT2D eigenvalue weighted by atomic mass is 10.2. The van der Waals surface area contributed by atoms with Crippen molar-refractivity contribution in [1.29, 1.82) is 5.26 Å². The van der Waals surface area contributed by atoms with Gasteiger partial charge in [-0.05, 0) is 12.1 Å². The first kappa shape index (κ1) is 15.9. The predicted molar refractivity (Wildman–Crippen MR) is 95.6 cm³/mol. The molecule has 0 spiro atoms. The number of furan rings is 1. The summed E-state index contributed by atoms with van der Waals surface area (Å²) in [5.74, 6) is 2.15. The second-order valence-electron chi connectivity index (χ2n) is 5.68. The molecular weight excluding hydrogens is 332 g/mol. The van der Waals surface area contributed by atoms with Crippen LogP contribution in [0.4, 0.5) is 5.82 Å². The van der Waals surface area contributed by atoms with Gasteiger partial charge in [-0.1, -0.05) is 12.1 Å². The van der Waals surface area contributed by atoms with Gasteiger partial charge in [0.05, 0.1) is 44.3 Å². The Labute approximate surface area is 149 Å². The van der Waals surface area contributed by atoms with Crippen LogP contribution in [-0.4, -0.2) is 26.9 Å². The van der Waals surface area contributed by atoms with Crippen LogP contribution in [0.2, 0.25) is 0 Å². The van der Waals surface area contributed by atoms with E-state index in [1.54, 1.807) is 18.0 Å². The maximum atomic E-state index is 8.74. The Morgan fingerprint density at radius 2 is 2.27 bits per heavy atom. The Kier molecular flexibility index (Phi) is 4.11. The van der Waals surface area contributed by atoms with E-state index in [-0.39, 0.29) is 0 Å². The summed E-state index contributed by atoms with van der Waals surface area (Å²) in [7, 11) is 1.62. The second-order valence-corrected chi connectivity index (χ2v) is 5.68. The number of hydrogen-bond acceptors (Lipinski definition) is 7. The average Bonchev–Trinajstić information content (AvgIpc) is 3.28. The molecule has 8 heteroatoms. The van der Waals surface area contributed by atoms with Crippen LogP contribution in [-0.2, 0) is 13.1 Å². The van der Waals surface area contributed by atoms with Crippen LogP contribution < -0.4 is 10.1 Å². The first-order valence-corrected chi connectivity index (χ1v) is 8.13. The number of benzene rings is 1. The highest BCUT2D eigenvalue weighted by Gasteiger charge is 2.12. The van der Waals surface area contributed by atoms with E-state index in [9.17, 15) is 0 Å². The number of methoxy groups -OCH3 is 1. The van der Waals surface area contributed by atoms with Crippen LogP contribution in [0.5, 0.6) is 5.75 Å². The molecule has 130 valence electrons. The van der Waals surface area contributed by atoms with E-state index >= 15 is 0 Å². The lowest BCUT2D eigenvalue weighted by Crippen LogP contribution is -2.03. The molecule has 0 unspecified atom stereocenters. The van der Waals surface area contributed by atoms with Crippen molar-refractivity contribution in [3.8, 4) is 11.8 Å². The second kappa shape index (κ2) is 6.72. The highest BCUT2D eigenvalue weighted by molar-refractivity contribution is 5.86. The van der Waals surface area contributed by atoms with Gasteiger partial charge in [0, 0.05) is 5.39 Å². The number of aromatic nitrogens is 4. The molecule has 0 aliphatic rings. The number of aryl methyl sites for hydroxylation is 1. The quantitative estimate of drug-likeness (QED) is 0.571. The summed E-state index contributed by atoms with van der Waals surface area (Å²) in [5, 5.41) is 18.1. The van der Waals surface area contributed by atoms with Crippen molar-refractivity contribution in [1.82, 2.24) is 19.7 Å². The first-order chi connectivity index (χ1) is 12.8. The van der Waals surface area contributed by atoms with E-state index < -0.39 is 0 Å². The van der Waals surface area contributed by atoms with Crippen LogP contribution in [0.25, 0.3) is 22.0 Å². The highest BCUT2D eigenvalue weighted by atomic mass is 16.5. The van der Waals surface area contributed by atoms with Crippen molar-refractivity contribution >= 4 is 27.8 Å². The van der Waals surface area contributed by atoms with Crippen molar-refractivity contribution < 1.29 is 9.15 Å². The van der Waals surface area contributed by atoms with Crippen LogP contribution in [0.3, 0.4) is 0 Å². The minimum absolute atomic E-state index is 0.379. The molecule has 0 atom stereocenters. The molecule has 26 heavy (non-hydrogen) atoms. The van der Waals surface area contributed by atoms with Gasteiger partial charge in [0.25, 0.3) is 0 Å². The summed E-state index contributed by atoms with van der Waals surface area (Å²) in [6.45, 7) is 0.965. The number of ether oxygens (including phenoxy) is 1. The number of hydrogen-bond donors (Lipinski definition) is 1. The standard InChI is InChI=1S/C18H16N6O2/c1-25-15-5-2-4-12-8-13(26-16(12)15)9-20-17-14-10-23-24(7-3-6-19)18(14)22-11-21-17/h2,4-5,8,10-11H,3,7,9H2,1H3,(H,20,21,22). The van der Waals surface area contributed by atoms with Gasteiger partial charge in [-0.3, -0.25) is 0 Å². The lowest BCUT2D eigenvalue weighted by molar-refractivity contribution is 0.408. The molecule has 0 fully saturated rings. The minimum Gasteiger partial charge on any atom is -0.493 e. The molecule has 0 aliphatic heterocycles. The number of fused-ring (bicyclic) bond motifs is 2. The molecule has 4 aromatic rings. The molecule has 1 aromatic carbocycles. The monoisotopic (exact) mass is 348 g/mol. The smallest absolute Gasteiger partial charge is 0.176 e. The highest BCUT2D eigenvalue weighted by Crippen LogP contribution is 2.29. The fraction of sp³-hybridized carbons (Fsp3) is 0.222. The normalized spacial score (nSPS) is 10.9. The molecule has 1 N–H and O–H groups in total. The fourth-order valence-electron chi connectivity index (χ4n) is 2.86. The van der Waals surface area contributed by atoms with Gasteiger partial charge in [-0.15, -0.1) is 0 Å². The molecular formula is C18H16N6O2. The van der Waals surface area contributed by atoms with Crippen molar-refractivity contribution in [2.24, 2.45) is 0 Å². The zero-order valence-corrected chi connectivity index (χ0v) is 14.1. The number of para-hydroxylation sites is 1. The zero-order valence-electron chi connectivity index (χ0n) is 14.1. The third-order valence-corrected chi connectivity index (χ3v) is 4.08. The van der Waals surface area contributed by atoms with Crippen molar-refractivity contribution in [2.45, 2.75) is 19.5 Å². The molecule has 8 nitrogen and oxygen atoms in total. The molecule has 3 aromatic heterocycles. The van der Waals surface area contributed by atoms with Gasteiger partial charge in [-0.2, -0.15) is 10.4 Å². The van der Waals surface area contributed by atoms with Crippen LogP contribution >= 0.6 is 0 Å². The topological polar surface area (TPSA) is 102 Å². The maximum Gasteiger partial charge on any atom is 0.176 e. The van der Waals surface area contributed by atoms with Crippen molar-refractivity contribution in [3.63, 3.8) is 0 Å². The summed E-state index contributed by atoms with van der Waals surface area (Å²) in [4.78, 5) is 8.56. The maximum absolute atomic E-state index is 8.74. The summed E-state index contributed by atoms with van der Waals surface area (Å²) >= 11 is 0. The zero-order chi connectivity index (χ0) is 17.9. The summed E-state index contributed by atoms with van der Waals surface area (Å²) in [5.41, 5.74) is 1.42. The SMILES string of the molecule is COc1cccc2cc(CNc3ncnc4c3cnn4CCC#N)oc12. The van der Waals surface area contributed by atoms with Gasteiger partial charge in [0.2, 0.25) is 0 Å². The van der Waals surface area contributed by atoms with Gasteiger partial charge < -0.3 is 14.5 Å². The van der Waals surface area contributed by atoms with E-state index in [1.165, 1.54) is 6.33 Å². The molecule has 0 amide bonds. The van der Waals surface area contributed by atoms with Crippen LogP contribution in [0.1, 0.15) is 12.2 Å². The Morgan fingerprint density at radius 3 is 3.12 bits per heavy atom. The van der Waals surface area contributed by atoms with E-state index in [1.807, 2.05) is 24.3 Å². The molecule has 0 bridgehead atoms. The van der Waals surface area contributed by atoms with Crippen LogP contribution in [0, 0.1) is 11.3 Å². The van der Waals surface area contributed by atoms with Crippen molar-refractivity contribution in [2.75, 3.05) is 12.4 Å². The number of nitrogens with one attached hydrogen (secondary N) is 1. The largest absolute Gasteiger partial charge is 0.493 e. The molecule has 0 aliphatic carbocycles. The summed E-state index contributed by atoms with van der Waals surface area (Å²) < 4.78 is 12.9. The summed E-state index contributed by atoms with van der Waals surface area (Å²) in [6, 6.07) is 9.86. The Bertz CT molecular complexity index is 1110. The first-order valence-electron chi connectivity index (χ1n) is 8.13. The van der Waals surface area contributed by atoms with Gasteiger partial charge in [-0.25, -0.2) is 14.6 Å². The Morgan fingerprint density at radius 1 is 1.35 bits per heavy atom. The average molecular weight is 348 g/mol. The molecule has 0 radical (unpaired) electrons. The number of anilines is 1. The van der Waals surface area contributed by atoms with Gasteiger partial charge in [0.15, 0.2) is 17.0 Å². The molecule has 0 saturated carbocycles. The van der Waals surface area contributed by atoms with E-state index in [0.717, 1.165) is 22.1 Å². The Hall–Kier alpha value is -3.60. The number of nitrogens with zero attached hydrogens (tertiary/aromatic N) is 5. The van der Waals surface area contributed by atoms with E-state index in [4.69, 9.17) is 14.4 Å². The molecule has 4 rings (SSSR count). The molecule has 0 saturated heterocycles. The van der Waals surface area contributed by atoms with Gasteiger partial charge in [0.1, 0.15) is 17.9 Å². The Balaban J connectivity index is 1.58. The number of nitriles is 1. The fourth-order valence-corrected chi connectivity index (χ4v) is 2.86. The minimum atomic E-state index is 0.379. The van der Waals surface area contributed by atoms with Crippen molar-refractivity contribution in [3.05, 3.63) is 42.5 Å². The lowest BCUT2D eigenvalue weighted by Gasteiger charge is -2.05. The third kappa shape index (κ3) is 2.80. The molecule has 3 heterocycles.